The zero-order chi connectivity index (χ0) is 12.0. The number of carbonyl (C=O) groups is 2. The molecule has 0 radical (unpaired) electrons. The molecule has 86 valence electrons. The summed E-state index contributed by atoms with van der Waals surface area (Å²) in [4.78, 5) is 25.7. The third-order valence-electron chi connectivity index (χ3n) is 1.97. The van der Waals surface area contributed by atoms with Crippen molar-refractivity contribution in [2.45, 2.75) is 19.5 Å². The highest BCUT2D eigenvalue weighted by atomic mass is 16.2. The van der Waals surface area contributed by atoms with Crippen LogP contribution in [-0.4, -0.2) is 23.0 Å². The molecule has 1 atom stereocenters. The van der Waals surface area contributed by atoms with Crippen molar-refractivity contribution in [2.75, 3.05) is 0 Å². The molecule has 0 saturated carbocycles. The van der Waals surface area contributed by atoms with E-state index >= 15 is 0 Å². The highest BCUT2D eigenvalue weighted by Crippen LogP contribution is 1.95. The summed E-state index contributed by atoms with van der Waals surface area (Å²) in [5.74, 6) is -0.448. The molecule has 4 N–H and O–H groups in total. The Balaban J connectivity index is 2.38. The van der Waals surface area contributed by atoms with E-state index in [0.29, 0.717) is 6.54 Å². The average molecular weight is 222 g/mol. The molecule has 0 aliphatic carbocycles. The van der Waals surface area contributed by atoms with Crippen molar-refractivity contribution in [1.82, 2.24) is 15.6 Å². The molecule has 6 nitrogen and oxygen atoms in total. The molecular formula is C10H14N4O2. The van der Waals surface area contributed by atoms with Crippen molar-refractivity contribution in [3.63, 3.8) is 0 Å². The van der Waals surface area contributed by atoms with Gasteiger partial charge in [-0.15, -0.1) is 0 Å². The van der Waals surface area contributed by atoms with E-state index in [1.165, 1.54) is 0 Å². The van der Waals surface area contributed by atoms with E-state index in [1.54, 1.807) is 19.3 Å². The second kappa shape index (κ2) is 5.82. The lowest BCUT2D eigenvalue weighted by Crippen LogP contribution is -2.46. The van der Waals surface area contributed by atoms with Crippen molar-refractivity contribution >= 4 is 11.9 Å². The van der Waals surface area contributed by atoms with Crippen LogP contribution in [0.1, 0.15) is 12.5 Å². The number of nitrogens with one attached hydrogen (secondary N) is 2. The minimum atomic E-state index is -0.847. The number of hydrogen-bond donors (Lipinski definition) is 3. The Morgan fingerprint density at radius 2 is 2.31 bits per heavy atom. The largest absolute Gasteiger partial charge is 0.351 e. The van der Waals surface area contributed by atoms with Crippen LogP contribution in [0.15, 0.2) is 24.5 Å². The zero-order valence-corrected chi connectivity index (χ0v) is 8.93. The van der Waals surface area contributed by atoms with Crippen LogP contribution in [0.4, 0.5) is 4.79 Å². The lowest BCUT2D eigenvalue weighted by Gasteiger charge is -2.12. The predicted molar refractivity (Wildman–Crippen MR) is 58.3 cm³/mol. The highest BCUT2D eigenvalue weighted by molar-refractivity contribution is 5.96. The molecule has 6 heteroatoms. The van der Waals surface area contributed by atoms with E-state index in [9.17, 15) is 9.59 Å². The maximum Gasteiger partial charge on any atom is 0.318 e. The number of aromatic nitrogens is 1. The molecule has 0 spiro atoms. The molecule has 1 heterocycles. The van der Waals surface area contributed by atoms with Gasteiger partial charge in [0.05, 0.1) is 6.04 Å². The number of pyridine rings is 1. The first-order chi connectivity index (χ1) is 7.59. The van der Waals surface area contributed by atoms with Crippen LogP contribution in [0.2, 0.25) is 0 Å². The van der Waals surface area contributed by atoms with E-state index < -0.39 is 18.0 Å². The summed E-state index contributed by atoms with van der Waals surface area (Å²) in [6.45, 7) is 2.15. The summed E-state index contributed by atoms with van der Waals surface area (Å²) in [5.41, 5.74) is 5.79. The molecule has 0 aliphatic rings. The Morgan fingerprint density at radius 1 is 1.56 bits per heavy atom. The maximum absolute atomic E-state index is 11.3. The Labute approximate surface area is 93.2 Å². The predicted octanol–water partition coefficient (Wildman–Crippen LogP) is -0.245. The molecule has 16 heavy (non-hydrogen) atoms. The fraction of sp³-hybridized carbons (Fsp3) is 0.300. The van der Waals surface area contributed by atoms with Crippen LogP contribution >= 0.6 is 0 Å². The summed E-state index contributed by atoms with van der Waals surface area (Å²) in [6, 6.07) is 2.36. The first-order valence-corrected chi connectivity index (χ1v) is 4.82. The second-order valence-electron chi connectivity index (χ2n) is 3.32. The van der Waals surface area contributed by atoms with E-state index in [2.05, 4.69) is 10.3 Å². The fourth-order valence-corrected chi connectivity index (χ4v) is 1.10. The van der Waals surface area contributed by atoms with Crippen LogP contribution < -0.4 is 16.4 Å². The fourth-order valence-electron chi connectivity index (χ4n) is 1.10. The third kappa shape index (κ3) is 4.05. The quantitative estimate of drug-likeness (QED) is 0.654. The molecule has 0 aromatic carbocycles. The number of imide groups is 1. The van der Waals surface area contributed by atoms with Gasteiger partial charge in [-0.05, 0) is 18.6 Å². The molecule has 0 fully saturated rings. The van der Waals surface area contributed by atoms with Crippen LogP contribution in [0.3, 0.4) is 0 Å². The minimum absolute atomic E-state index is 0.448. The van der Waals surface area contributed by atoms with E-state index in [4.69, 9.17) is 5.73 Å². The summed E-state index contributed by atoms with van der Waals surface area (Å²) >= 11 is 0. The molecule has 1 aromatic rings. The van der Waals surface area contributed by atoms with Gasteiger partial charge in [0, 0.05) is 18.9 Å². The lowest BCUT2D eigenvalue weighted by atomic mass is 10.2. The van der Waals surface area contributed by atoms with Gasteiger partial charge < -0.3 is 11.1 Å². The van der Waals surface area contributed by atoms with Gasteiger partial charge in [0.15, 0.2) is 0 Å². The summed E-state index contributed by atoms with van der Waals surface area (Å²) in [7, 11) is 0. The maximum atomic E-state index is 11.3. The number of nitrogens with zero attached hydrogens (tertiary/aromatic N) is 1. The normalized spacial score (nSPS) is 11.8. The molecular weight excluding hydrogens is 208 g/mol. The van der Waals surface area contributed by atoms with Gasteiger partial charge in [0.1, 0.15) is 0 Å². The summed E-state index contributed by atoms with van der Waals surface area (Å²) < 4.78 is 0. The smallest absolute Gasteiger partial charge is 0.318 e. The SMILES string of the molecule is CC(NCc1cccnc1)C(=O)NC(N)=O. The van der Waals surface area contributed by atoms with Gasteiger partial charge in [-0.1, -0.05) is 6.07 Å². The topological polar surface area (TPSA) is 97.1 Å². The number of nitrogens with two attached hydrogens (primary N) is 1. The molecule has 1 aromatic heterocycles. The van der Waals surface area contributed by atoms with Crippen LogP contribution in [0, 0.1) is 0 Å². The molecule has 3 amide bonds. The van der Waals surface area contributed by atoms with Gasteiger partial charge in [-0.2, -0.15) is 0 Å². The van der Waals surface area contributed by atoms with Crippen molar-refractivity contribution < 1.29 is 9.59 Å². The van der Waals surface area contributed by atoms with Gasteiger partial charge in [0.25, 0.3) is 0 Å². The summed E-state index contributed by atoms with van der Waals surface area (Å²) in [5, 5.41) is 4.94. The monoisotopic (exact) mass is 222 g/mol. The minimum Gasteiger partial charge on any atom is -0.351 e. The Kier molecular flexibility index (Phi) is 4.41. The van der Waals surface area contributed by atoms with Crippen LogP contribution in [-0.2, 0) is 11.3 Å². The number of rotatable bonds is 4. The molecule has 0 aliphatic heterocycles. The Bertz CT molecular complexity index is 366. The number of amides is 3. The second-order valence-corrected chi connectivity index (χ2v) is 3.32. The Hall–Kier alpha value is -1.95. The van der Waals surface area contributed by atoms with Gasteiger partial charge >= 0.3 is 6.03 Å². The van der Waals surface area contributed by atoms with E-state index in [0.717, 1.165) is 5.56 Å². The first-order valence-electron chi connectivity index (χ1n) is 4.82. The number of primary amides is 1. The van der Waals surface area contributed by atoms with Gasteiger partial charge in [-0.3, -0.25) is 15.1 Å². The number of hydrogen-bond acceptors (Lipinski definition) is 4. The molecule has 1 rings (SSSR count). The first kappa shape index (κ1) is 12.1. The summed E-state index contributed by atoms with van der Waals surface area (Å²) in [6.07, 6.45) is 3.37. The van der Waals surface area contributed by atoms with Crippen molar-refractivity contribution in [3.8, 4) is 0 Å². The van der Waals surface area contributed by atoms with E-state index in [1.807, 2.05) is 17.4 Å². The lowest BCUT2D eigenvalue weighted by molar-refractivity contribution is -0.121. The zero-order valence-electron chi connectivity index (χ0n) is 8.93. The third-order valence-corrected chi connectivity index (χ3v) is 1.97. The molecule has 0 bridgehead atoms. The molecule has 1 unspecified atom stereocenters. The number of carbonyl (C=O) groups excluding carboxylic acids is 2. The van der Waals surface area contributed by atoms with Crippen molar-refractivity contribution in [2.24, 2.45) is 5.73 Å². The van der Waals surface area contributed by atoms with Crippen LogP contribution in [0.5, 0.6) is 0 Å². The van der Waals surface area contributed by atoms with E-state index in [-0.39, 0.29) is 0 Å². The van der Waals surface area contributed by atoms with Crippen LogP contribution in [0.25, 0.3) is 0 Å². The van der Waals surface area contributed by atoms with Gasteiger partial charge in [-0.25, -0.2) is 4.79 Å². The molecule has 0 saturated heterocycles. The van der Waals surface area contributed by atoms with Crippen molar-refractivity contribution in [1.29, 1.82) is 0 Å². The Morgan fingerprint density at radius 3 is 2.88 bits per heavy atom. The van der Waals surface area contributed by atoms with Crippen molar-refractivity contribution in [3.05, 3.63) is 30.1 Å². The standard InChI is InChI=1S/C10H14N4O2/c1-7(9(15)14-10(11)16)13-6-8-3-2-4-12-5-8/h2-5,7,13H,6H2,1H3,(H3,11,14,15,16). The average Bonchev–Trinajstić information content (AvgIpc) is 2.26. The highest BCUT2D eigenvalue weighted by Gasteiger charge is 2.13. The number of urea groups is 1. The van der Waals surface area contributed by atoms with Gasteiger partial charge in [0.2, 0.25) is 5.91 Å².